The quantitative estimate of drug-likeness (QED) is 0.497. The summed E-state index contributed by atoms with van der Waals surface area (Å²) < 4.78 is 0. The third-order valence-electron chi connectivity index (χ3n) is 2.22. The van der Waals surface area contributed by atoms with Crippen molar-refractivity contribution in [2.24, 2.45) is 0 Å². The predicted molar refractivity (Wildman–Crippen MR) is 39.2 cm³/mol. The topological polar surface area (TPSA) is 37.4 Å². The lowest BCUT2D eigenvalue weighted by atomic mass is 10.1. The average Bonchev–Trinajstić information content (AvgIpc) is 2.64. The van der Waals surface area contributed by atoms with Crippen LogP contribution >= 0.6 is 0 Å². The molecule has 0 bridgehead atoms. The molecule has 60 valence electrons. The fraction of sp³-hybridized carbons (Fsp3) is 0.750. The number of piperidine rings is 1. The van der Waals surface area contributed by atoms with Crippen LogP contribution < -0.4 is 0 Å². The molecular formula is C8H11NO2. The van der Waals surface area contributed by atoms with E-state index in [9.17, 15) is 9.59 Å². The van der Waals surface area contributed by atoms with Crippen molar-refractivity contribution in [2.45, 2.75) is 25.3 Å². The third kappa shape index (κ3) is 1.48. The summed E-state index contributed by atoms with van der Waals surface area (Å²) in [6, 6.07) is 0.545. The molecule has 1 aliphatic heterocycles. The van der Waals surface area contributed by atoms with Crippen molar-refractivity contribution in [2.75, 3.05) is 13.1 Å². The molecule has 2 aliphatic rings. The van der Waals surface area contributed by atoms with E-state index >= 15 is 0 Å². The van der Waals surface area contributed by atoms with Crippen LogP contribution in [0.1, 0.15) is 19.3 Å². The molecule has 0 radical (unpaired) electrons. The second-order valence-corrected chi connectivity index (χ2v) is 3.39. The van der Waals surface area contributed by atoms with E-state index < -0.39 is 0 Å². The molecule has 1 saturated carbocycles. The molecule has 11 heavy (non-hydrogen) atoms. The molecule has 0 aromatic carbocycles. The standard InChI is InChI=1S/C8H11NO2/c10-7-3-8(11)5-9(4-7)6-1-2-6/h6H,1-5H2. The molecule has 1 saturated heterocycles. The molecule has 0 aromatic rings. The fourth-order valence-corrected chi connectivity index (χ4v) is 1.54. The third-order valence-corrected chi connectivity index (χ3v) is 2.22. The number of Topliss-reactive ketones (excluding diaryl/α,β-unsaturated/α-hetero) is 2. The molecule has 0 amide bonds. The Morgan fingerprint density at radius 1 is 1.09 bits per heavy atom. The highest BCUT2D eigenvalue weighted by molar-refractivity contribution is 6.03. The summed E-state index contributed by atoms with van der Waals surface area (Å²) >= 11 is 0. The molecule has 3 nitrogen and oxygen atoms in total. The van der Waals surface area contributed by atoms with Crippen LogP contribution in [0.4, 0.5) is 0 Å². The number of likely N-dealkylation sites (tertiary alicyclic amines) is 1. The van der Waals surface area contributed by atoms with Gasteiger partial charge in [0.2, 0.25) is 0 Å². The largest absolute Gasteiger partial charge is 0.298 e. The minimum absolute atomic E-state index is 0.0909. The van der Waals surface area contributed by atoms with Crippen molar-refractivity contribution >= 4 is 11.6 Å². The summed E-state index contributed by atoms with van der Waals surface area (Å²) in [6.45, 7) is 1.02. The Morgan fingerprint density at radius 2 is 1.64 bits per heavy atom. The lowest BCUT2D eigenvalue weighted by Crippen LogP contribution is -2.42. The molecule has 1 heterocycles. The first-order valence-corrected chi connectivity index (χ1v) is 4.03. The maximum absolute atomic E-state index is 11.0. The first-order valence-electron chi connectivity index (χ1n) is 4.03. The SMILES string of the molecule is O=C1CC(=O)CN(C2CC2)C1. The summed E-state index contributed by atoms with van der Waals surface area (Å²) in [4.78, 5) is 23.9. The van der Waals surface area contributed by atoms with E-state index in [0.717, 1.165) is 0 Å². The summed E-state index contributed by atoms with van der Waals surface area (Å²) in [5.41, 5.74) is 0. The zero-order chi connectivity index (χ0) is 7.84. The van der Waals surface area contributed by atoms with E-state index in [2.05, 4.69) is 0 Å². The van der Waals surface area contributed by atoms with E-state index in [0.29, 0.717) is 19.1 Å². The lowest BCUT2D eigenvalue weighted by molar-refractivity contribution is -0.132. The van der Waals surface area contributed by atoms with Crippen molar-refractivity contribution in [3.63, 3.8) is 0 Å². The van der Waals surface area contributed by atoms with Gasteiger partial charge in [0.1, 0.15) is 0 Å². The monoisotopic (exact) mass is 153 g/mol. The zero-order valence-corrected chi connectivity index (χ0v) is 6.38. The maximum atomic E-state index is 11.0. The van der Waals surface area contributed by atoms with Crippen LogP contribution in [0.25, 0.3) is 0 Å². The van der Waals surface area contributed by atoms with E-state index in [1.165, 1.54) is 12.8 Å². The molecule has 3 heteroatoms. The first kappa shape index (κ1) is 6.98. The highest BCUT2D eigenvalue weighted by Crippen LogP contribution is 2.27. The Labute approximate surface area is 65.4 Å². The Morgan fingerprint density at radius 3 is 2.09 bits per heavy atom. The Hall–Kier alpha value is -0.700. The van der Waals surface area contributed by atoms with Crippen LogP contribution in [0, 0.1) is 0 Å². The number of ketones is 2. The van der Waals surface area contributed by atoms with Crippen molar-refractivity contribution < 1.29 is 9.59 Å². The lowest BCUT2D eigenvalue weighted by Gasteiger charge is -2.23. The van der Waals surface area contributed by atoms with Crippen molar-refractivity contribution in [3.8, 4) is 0 Å². The molecule has 0 N–H and O–H groups in total. The van der Waals surface area contributed by atoms with E-state index in [-0.39, 0.29) is 18.0 Å². The molecule has 1 aliphatic carbocycles. The van der Waals surface area contributed by atoms with Gasteiger partial charge in [0.25, 0.3) is 0 Å². The molecule has 2 rings (SSSR count). The van der Waals surface area contributed by atoms with Gasteiger partial charge in [-0.15, -0.1) is 0 Å². The van der Waals surface area contributed by atoms with Gasteiger partial charge in [-0.05, 0) is 12.8 Å². The second kappa shape index (κ2) is 2.41. The van der Waals surface area contributed by atoms with Gasteiger partial charge >= 0.3 is 0 Å². The molecule has 2 fully saturated rings. The number of carbonyl (C=O) groups is 2. The minimum atomic E-state index is 0.0909. The van der Waals surface area contributed by atoms with Gasteiger partial charge in [0, 0.05) is 6.04 Å². The van der Waals surface area contributed by atoms with Gasteiger partial charge in [0.05, 0.1) is 19.5 Å². The predicted octanol–water partition coefficient (Wildman–Crippen LogP) is -0.00730. The van der Waals surface area contributed by atoms with Gasteiger partial charge in [-0.1, -0.05) is 0 Å². The van der Waals surface area contributed by atoms with E-state index in [1.54, 1.807) is 0 Å². The summed E-state index contributed by atoms with van der Waals surface area (Å²) in [5, 5.41) is 0. The second-order valence-electron chi connectivity index (χ2n) is 3.39. The maximum Gasteiger partial charge on any atom is 0.154 e. The van der Waals surface area contributed by atoms with Crippen LogP contribution in [0.5, 0.6) is 0 Å². The van der Waals surface area contributed by atoms with Crippen molar-refractivity contribution in [1.29, 1.82) is 0 Å². The van der Waals surface area contributed by atoms with Crippen molar-refractivity contribution in [1.82, 2.24) is 4.90 Å². The van der Waals surface area contributed by atoms with Crippen LogP contribution in [-0.2, 0) is 9.59 Å². The smallest absolute Gasteiger partial charge is 0.154 e. The zero-order valence-electron chi connectivity index (χ0n) is 6.38. The number of hydrogen-bond acceptors (Lipinski definition) is 3. The van der Waals surface area contributed by atoms with Gasteiger partial charge in [-0.25, -0.2) is 0 Å². The van der Waals surface area contributed by atoms with Gasteiger partial charge in [-0.3, -0.25) is 14.5 Å². The van der Waals surface area contributed by atoms with Crippen LogP contribution in [-0.4, -0.2) is 35.6 Å². The molecule has 0 aromatic heterocycles. The molecule has 0 atom stereocenters. The first-order chi connectivity index (χ1) is 5.25. The fourth-order valence-electron chi connectivity index (χ4n) is 1.54. The van der Waals surface area contributed by atoms with Gasteiger partial charge in [-0.2, -0.15) is 0 Å². The van der Waals surface area contributed by atoms with E-state index in [1.807, 2.05) is 4.90 Å². The van der Waals surface area contributed by atoms with Crippen LogP contribution in [0.2, 0.25) is 0 Å². The normalized spacial score (nSPS) is 27.6. The molecular weight excluding hydrogens is 142 g/mol. The number of hydrogen-bond donors (Lipinski definition) is 0. The van der Waals surface area contributed by atoms with Gasteiger partial charge in [0.15, 0.2) is 11.6 Å². The Bertz CT molecular complexity index is 192. The highest BCUT2D eigenvalue weighted by Gasteiger charge is 2.34. The summed E-state index contributed by atoms with van der Waals surface area (Å²) in [6.07, 6.45) is 2.50. The molecule has 0 unspecified atom stereocenters. The average molecular weight is 153 g/mol. The van der Waals surface area contributed by atoms with Crippen LogP contribution in [0.3, 0.4) is 0 Å². The minimum Gasteiger partial charge on any atom is -0.298 e. The number of nitrogens with zero attached hydrogens (tertiary/aromatic N) is 1. The van der Waals surface area contributed by atoms with Crippen LogP contribution in [0.15, 0.2) is 0 Å². The van der Waals surface area contributed by atoms with Gasteiger partial charge < -0.3 is 0 Å². The van der Waals surface area contributed by atoms with E-state index in [4.69, 9.17) is 0 Å². The number of carbonyl (C=O) groups excluding carboxylic acids is 2. The van der Waals surface area contributed by atoms with Crippen molar-refractivity contribution in [3.05, 3.63) is 0 Å². The Balaban J connectivity index is 1.99. The Kier molecular flexibility index (Phi) is 1.53. The summed E-state index contributed by atoms with van der Waals surface area (Å²) in [5.74, 6) is 0.182. The highest BCUT2D eigenvalue weighted by atomic mass is 16.2. The number of rotatable bonds is 1. The summed E-state index contributed by atoms with van der Waals surface area (Å²) in [7, 11) is 0. The molecule has 0 spiro atoms.